The van der Waals surface area contributed by atoms with Crippen LogP contribution in [0.1, 0.15) is 58.8 Å². The van der Waals surface area contributed by atoms with Crippen molar-refractivity contribution in [3.05, 3.63) is 0 Å². The second kappa shape index (κ2) is 5.80. The summed E-state index contributed by atoms with van der Waals surface area (Å²) in [5.74, 6) is -0.0223. The third kappa shape index (κ3) is 3.69. The molecule has 0 bridgehead atoms. The highest BCUT2D eigenvalue weighted by Gasteiger charge is 2.41. The van der Waals surface area contributed by atoms with Gasteiger partial charge in [0.25, 0.3) is 0 Å². The molecule has 3 atom stereocenters. The normalized spacial score (nSPS) is 32.9. The second-order valence-electron chi connectivity index (χ2n) is 6.84. The van der Waals surface area contributed by atoms with E-state index in [4.69, 9.17) is 0 Å². The van der Waals surface area contributed by atoms with Gasteiger partial charge in [0.15, 0.2) is 0 Å². The van der Waals surface area contributed by atoms with Gasteiger partial charge in [0, 0.05) is 12.6 Å². The molecule has 2 N–H and O–H groups in total. The van der Waals surface area contributed by atoms with Crippen LogP contribution < -0.4 is 0 Å². The van der Waals surface area contributed by atoms with E-state index in [0.29, 0.717) is 24.9 Å². The fraction of sp³-hybridized carbons (Fsp3) is 0.933. The van der Waals surface area contributed by atoms with Crippen molar-refractivity contribution in [3.8, 4) is 0 Å². The molecular weight excluding hydrogens is 242 g/mol. The lowest BCUT2D eigenvalue weighted by atomic mass is 9.76. The standard InChI is InChI=1S/C15H27NO3/c1-15(2,19)9-10-16-12-6-4-3-5-11(12)7-8-13(16)14(17)18/h11-13,19H,3-10H2,1-2H3,(H,17,18). The van der Waals surface area contributed by atoms with E-state index in [2.05, 4.69) is 4.90 Å². The number of carboxylic acid groups (broad SMARTS) is 1. The van der Waals surface area contributed by atoms with E-state index < -0.39 is 11.6 Å². The first-order valence-electron chi connectivity index (χ1n) is 7.59. The van der Waals surface area contributed by atoms with Gasteiger partial charge in [-0.2, -0.15) is 0 Å². The maximum absolute atomic E-state index is 11.5. The van der Waals surface area contributed by atoms with E-state index in [1.807, 2.05) is 0 Å². The number of hydrogen-bond acceptors (Lipinski definition) is 3. The third-order valence-corrected chi connectivity index (χ3v) is 4.77. The Labute approximate surface area is 115 Å². The first-order chi connectivity index (χ1) is 8.88. The highest BCUT2D eigenvalue weighted by atomic mass is 16.4. The van der Waals surface area contributed by atoms with Crippen molar-refractivity contribution in [1.82, 2.24) is 4.90 Å². The SMILES string of the molecule is CC(C)(O)CCN1C(C(=O)O)CCC2CCCCC21. The van der Waals surface area contributed by atoms with Crippen LogP contribution in [-0.4, -0.2) is 45.3 Å². The van der Waals surface area contributed by atoms with Crippen molar-refractivity contribution in [2.45, 2.75) is 76.5 Å². The number of likely N-dealkylation sites (tertiary alicyclic amines) is 1. The minimum absolute atomic E-state index is 0.346. The van der Waals surface area contributed by atoms with Gasteiger partial charge in [-0.3, -0.25) is 9.69 Å². The molecule has 0 aromatic heterocycles. The summed E-state index contributed by atoms with van der Waals surface area (Å²) in [5.41, 5.74) is -0.718. The number of nitrogens with zero attached hydrogens (tertiary/aromatic N) is 1. The lowest BCUT2D eigenvalue weighted by Gasteiger charge is -2.47. The van der Waals surface area contributed by atoms with Crippen molar-refractivity contribution in [2.75, 3.05) is 6.54 Å². The Bertz CT molecular complexity index is 324. The molecule has 0 radical (unpaired) electrons. The van der Waals surface area contributed by atoms with E-state index >= 15 is 0 Å². The first-order valence-corrected chi connectivity index (χ1v) is 7.59. The molecule has 2 aliphatic rings. The first kappa shape index (κ1) is 14.8. The molecule has 19 heavy (non-hydrogen) atoms. The number of fused-ring (bicyclic) bond motifs is 1. The zero-order valence-corrected chi connectivity index (χ0v) is 12.1. The van der Waals surface area contributed by atoms with Gasteiger partial charge in [-0.15, -0.1) is 0 Å². The highest BCUT2D eigenvalue weighted by molar-refractivity contribution is 5.73. The van der Waals surface area contributed by atoms with Gasteiger partial charge < -0.3 is 10.2 Å². The summed E-state index contributed by atoms with van der Waals surface area (Å²) in [4.78, 5) is 13.6. The quantitative estimate of drug-likeness (QED) is 0.822. The smallest absolute Gasteiger partial charge is 0.320 e. The molecule has 0 amide bonds. The van der Waals surface area contributed by atoms with Gasteiger partial charge in [-0.1, -0.05) is 12.8 Å². The molecule has 4 heteroatoms. The number of carbonyl (C=O) groups is 1. The molecule has 0 aromatic carbocycles. The Morgan fingerprint density at radius 1 is 1.21 bits per heavy atom. The predicted octanol–water partition coefficient (Wildman–Crippen LogP) is 2.26. The van der Waals surface area contributed by atoms with Gasteiger partial charge >= 0.3 is 5.97 Å². The van der Waals surface area contributed by atoms with Crippen molar-refractivity contribution in [1.29, 1.82) is 0 Å². The topological polar surface area (TPSA) is 60.8 Å². The molecule has 4 nitrogen and oxygen atoms in total. The Morgan fingerprint density at radius 3 is 2.53 bits per heavy atom. The van der Waals surface area contributed by atoms with Crippen LogP contribution in [0, 0.1) is 5.92 Å². The van der Waals surface area contributed by atoms with E-state index in [9.17, 15) is 15.0 Å². The molecule has 1 heterocycles. The van der Waals surface area contributed by atoms with Gasteiger partial charge in [0.05, 0.1) is 5.60 Å². The Hall–Kier alpha value is -0.610. The minimum Gasteiger partial charge on any atom is -0.480 e. The molecule has 1 aliphatic heterocycles. The molecule has 0 spiro atoms. The van der Waals surface area contributed by atoms with Crippen molar-refractivity contribution < 1.29 is 15.0 Å². The molecule has 1 saturated heterocycles. The summed E-state index contributed by atoms with van der Waals surface area (Å²) < 4.78 is 0. The lowest BCUT2D eigenvalue weighted by molar-refractivity contribution is -0.148. The summed E-state index contributed by atoms with van der Waals surface area (Å²) in [6.45, 7) is 4.29. The largest absolute Gasteiger partial charge is 0.480 e. The predicted molar refractivity (Wildman–Crippen MR) is 74.0 cm³/mol. The van der Waals surface area contributed by atoms with Crippen LogP contribution in [0.15, 0.2) is 0 Å². The van der Waals surface area contributed by atoms with E-state index in [-0.39, 0.29) is 6.04 Å². The summed E-state index contributed by atoms with van der Waals surface area (Å²) in [6, 6.07) is 0.0765. The minimum atomic E-state index is -0.718. The number of hydrogen-bond donors (Lipinski definition) is 2. The highest BCUT2D eigenvalue weighted by Crippen LogP contribution is 2.38. The molecular formula is C15H27NO3. The van der Waals surface area contributed by atoms with Crippen LogP contribution in [0.25, 0.3) is 0 Å². The van der Waals surface area contributed by atoms with Crippen molar-refractivity contribution in [3.63, 3.8) is 0 Å². The second-order valence-corrected chi connectivity index (χ2v) is 6.84. The fourth-order valence-corrected chi connectivity index (χ4v) is 3.72. The zero-order valence-electron chi connectivity index (χ0n) is 12.1. The average Bonchev–Trinajstić information content (AvgIpc) is 2.34. The van der Waals surface area contributed by atoms with Gasteiger partial charge in [0.2, 0.25) is 0 Å². The Kier molecular flexibility index (Phi) is 4.51. The van der Waals surface area contributed by atoms with Crippen LogP contribution in [-0.2, 0) is 4.79 Å². The van der Waals surface area contributed by atoms with Crippen LogP contribution in [0.4, 0.5) is 0 Å². The van der Waals surface area contributed by atoms with Gasteiger partial charge in [-0.05, 0) is 51.9 Å². The van der Waals surface area contributed by atoms with Crippen LogP contribution in [0.5, 0.6) is 0 Å². The number of carboxylic acids is 1. The van der Waals surface area contributed by atoms with E-state index in [0.717, 1.165) is 19.3 Å². The average molecular weight is 269 g/mol. The van der Waals surface area contributed by atoms with Gasteiger partial charge in [-0.25, -0.2) is 0 Å². The summed E-state index contributed by atoms with van der Waals surface area (Å²) in [6.07, 6.45) is 7.34. The van der Waals surface area contributed by atoms with Crippen molar-refractivity contribution in [2.24, 2.45) is 5.92 Å². The van der Waals surface area contributed by atoms with Crippen molar-refractivity contribution >= 4 is 5.97 Å². The lowest BCUT2D eigenvalue weighted by Crippen LogP contribution is -2.55. The number of rotatable bonds is 4. The van der Waals surface area contributed by atoms with Crippen LogP contribution in [0.2, 0.25) is 0 Å². The number of aliphatic carboxylic acids is 1. The molecule has 1 aliphatic carbocycles. The van der Waals surface area contributed by atoms with E-state index in [1.165, 1.54) is 19.3 Å². The maximum Gasteiger partial charge on any atom is 0.320 e. The zero-order chi connectivity index (χ0) is 14.0. The summed E-state index contributed by atoms with van der Waals surface area (Å²) in [7, 11) is 0. The van der Waals surface area contributed by atoms with Gasteiger partial charge in [0.1, 0.15) is 6.04 Å². The molecule has 110 valence electrons. The third-order valence-electron chi connectivity index (χ3n) is 4.77. The molecule has 2 fully saturated rings. The molecule has 0 aromatic rings. The van der Waals surface area contributed by atoms with Crippen LogP contribution in [0.3, 0.4) is 0 Å². The Balaban J connectivity index is 2.07. The fourth-order valence-electron chi connectivity index (χ4n) is 3.72. The summed E-state index contributed by atoms with van der Waals surface area (Å²) >= 11 is 0. The van der Waals surface area contributed by atoms with Crippen LogP contribution >= 0.6 is 0 Å². The number of aliphatic hydroxyl groups is 1. The molecule has 1 saturated carbocycles. The maximum atomic E-state index is 11.5. The van der Waals surface area contributed by atoms with E-state index in [1.54, 1.807) is 13.8 Å². The monoisotopic (exact) mass is 269 g/mol. The molecule has 2 rings (SSSR count). The Morgan fingerprint density at radius 2 is 1.89 bits per heavy atom. The summed E-state index contributed by atoms with van der Waals surface area (Å²) in [5, 5.41) is 19.3. The number of piperidine rings is 1. The molecule has 3 unspecified atom stereocenters.